The van der Waals surface area contributed by atoms with Gasteiger partial charge in [0.25, 0.3) is 11.8 Å². The quantitative estimate of drug-likeness (QED) is 0.778. The van der Waals surface area contributed by atoms with Crippen LogP contribution in [-0.4, -0.2) is 57.1 Å². The summed E-state index contributed by atoms with van der Waals surface area (Å²) in [6.45, 7) is 3.22. The zero-order valence-corrected chi connectivity index (χ0v) is 17.3. The van der Waals surface area contributed by atoms with Crippen molar-refractivity contribution in [1.29, 1.82) is 0 Å². The van der Waals surface area contributed by atoms with E-state index in [-0.39, 0.29) is 11.8 Å². The van der Waals surface area contributed by atoms with E-state index >= 15 is 0 Å². The van der Waals surface area contributed by atoms with Crippen molar-refractivity contribution in [3.05, 3.63) is 48.0 Å². The number of amides is 2. The number of methoxy groups -OCH3 is 1. The number of anilines is 2. The Morgan fingerprint density at radius 1 is 1.24 bits per heavy atom. The Labute approximate surface area is 171 Å². The van der Waals surface area contributed by atoms with E-state index in [4.69, 9.17) is 9.47 Å². The molecule has 0 saturated heterocycles. The first-order valence-electron chi connectivity index (χ1n) is 9.61. The smallest absolute Gasteiger partial charge is 0.267 e. The number of fused-ring (bicyclic) bond motifs is 1. The van der Waals surface area contributed by atoms with Crippen LogP contribution in [0, 0.1) is 0 Å². The predicted octanol–water partition coefficient (Wildman–Crippen LogP) is 3.01. The highest BCUT2D eigenvalue weighted by atomic mass is 16.5. The maximum absolute atomic E-state index is 12.7. The van der Waals surface area contributed by atoms with Crippen LogP contribution < -0.4 is 19.7 Å². The summed E-state index contributed by atoms with van der Waals surface area (Å²) in [7, 11) is 5.57. The number of nitrogens with one attached hydrogen (secondary N) is 1. The molecule has 0 bridgehead atoms. The van der Waals surface area contributed by atoms with E-state index in [1.807, 2.05) is 14.1 Å². The molecule has 1 aliphatic rings. The topological polar surface area (TPSA) is 71.1 Å². The van der Waals surface area contributed by atoms with E-state index in [0.717, 1.165) is 13.0 Å². The van der Waals surface area contributed by atoms with Crippen LogP contribution in [-0.2, 0) is 4.79 Å². The average Bonchev–Trinajstić information content (AvgIpc) is 2.71. The van der Waals surface area contributed by atoms with E-state index in [1.165, 1.54) is 0 Å². The molecule has 1 N–H and O–H groups in total. The van der Waals surface area contributed by atoms with Crippen LogP contribution in [0.1, 0.15) is 23.7 Å². The van der Waals surface area contributed by atoms with Crippen molar-refractivity contribution < 1.29 is 19.1 Å². The van der Waals surface area contributed by atoms with Gasteiger partial charge >= 0.3 is 0 Å². The average molecular weight is 397 g/mol. The fourth-order valence-electron chi connectivity index (χ4n) is 3.23. The maximum atomic E-state index is 12.7. The van der Waals surface area contributed by atoms with Gasteiger partial charge in [-0.2, -0.15) is 0 Å². The Balaban J connectivity index is 1.81. The third-order valence-electron chi connectivity index (χ3n) is 4.74. The van der Waals surface area contributed by atoms with E-state index in [2.05, 4.69) is 10.2 Å². The number of carbonyl (C=O) groups excluding carboxylic acids is 2. The molecule has 0 saturated carbocycles. The summed E-state index contributed by atoms with van der Waals surface area (Å²) in [5.74, 6) is 0.927. The first-order valence-corrected chi connectivity index (χ1v) is 9.61. The number of ether oxygens (including phenoxy) is 2. The van der Waals surface area contributed by atoms with Crippen molar-refractivity contribution in [3.8, 4) is 11.5 Å². The minimum atomic E-state index is -0.529. The van der Waals surface area contributed by atoms with Crippen LogP contribution in [0.25, 0.3) is 0 Å². The predicted molar refractivity (Wildman–Crippen MR) is 113 cm³/mol. The molecule has 1 atom stereocenters. The molecule has 0 radical (unpaired) electrons. The van der Waals surface area contributed by atoms with Gasteiger partial charge in [0.2, 0.25) is 0 Å². The second-order valence-electron chi connectivity index (χ2n) is 7.28. The number of hydrogen-bond acceptors (Lipinski definition) is 5. The SMILES string of the molecule is COc1cccc(C(=O)Nc2ccc3c(c2)N(CCCN(C)C)C(=O)C(C)O3)c1. The molecule has 1 aliphatic heterocycles. The Morgan fingerprint density at radius 3 is 2.76 bits per heavy atom. The van der Waals surface area contributed by atoms with Gasteiger partial charge in [-0.1, -0.05) is 6.07 Å². The van der Waals surface area contributed by atoms with E-state index < -0.39 is 6.10 Å². The Kier molecular flexibility index (Phi) is 6.39. The van der Waals surface area contributed by atoms with Crippen molar-refractivity contribution in [2.75, 3.05) is 44.5 Å². The maximum Gasteiger partial charge on any atom is 0.267 e. The van der Waals surface area contributed by atoms with Crippen LogP contribution in [0.2, 0.25) is 0 Å². The zero-order chi connectivity index (χ0) is 21.0. The molecule has 29 heavy (non-hydrogen) atoms. The molecular formula is C22H27N3O4. The normalized spacial score (nSPS) is 15.7. The molecule has 7 heteroatoms. The van der Waals surface area contributed by atoms with E-state index in [0.29, 0.717) is 35.0 Å². The molecule has 3 rings (SSSR count). The summed E-state index contributed by atoms with van der Waals surface area (Å²) in [6, 6.07) is 12.3. The molecule has 0 fully saturated rings. The van der Waals surface area contributed by atoms with E-state index in [1.54, 1.807) is 61.4 Å². The van der Waals surface area contributed by atoms with Gasteiger partial charge in [-0.25, -0.2) is 0 Å². The zero-order valence-electron chi connectivity index (χ0n) is 17.3. The summed E-state index contributed by atoms with van der Waals surface area (Å²) in [5.41, 5.74) is 1.77. The summed E-state index contributed by atoms with van der Waals surface area (Å²) in [4.78, 5) is 29.1. The Bertz CT molecular complexity index is 897. The molecule has 1 heterocycles. The van der Waals surface area contributed by atoms with Gasteiger partial charge in [-0.3, -0.25) is 9.59 Å². The summed E-state index contributed by atoms with van der Waals surface area (Å²) < 4.78 is 10.9. The van der Waals surface area contributed by atoms with Gasteiger partial charge < -0.3 is 24.6 Å². The summed E-state index contributed by atoms with van der Waals surface area (Å²) in [6.07, 6.45) is 0.310. The van der Waals surface area contributed by atoms with Crippen LogP contribution in [0.4, 0.5) is 11.4 Å². The second-order valence-corrected chi connectivity index (χ2v) is 7.28. The number of nitrogens with zero attached hydrogens (tertiary/aromatic N) is 2. The van der Waals surface area contributed by atoms with E-state index in [9.17, 15) is 9.59 Å². The second kappa shape index (κ2) is 8.96. The lowest BCUT2D eigenvalue weighted by molar-refractivity contribution is -0.125. The Morgan fingerprint density at radius 2 is 2.03 bits per heavy atom. The van der Waals surface area contributed by atoms with Gasteiger partial charge in [-0.15, -0.1) is 0 Å². The third kappa shape index (κ3) is 4.86. The minimum absolute atomic E-state index is 0.0764. The van der Waals surface area contributed by atoms with Crippen molar-refractivity contribution in [1.82, 2.24) is 4.90 Å². The fraction of sp³-hybridized carbons (Fsp3) is 0.364. The van der Waals surface area contributed by atoms with Gasteiger partial charge in [0.05, 0.1) is 12.8 Å². The molecule has 0 aromatic heterocycles. The number of benzene rings is 2. The third-order valence-corrected chi connectivity index (χ3v) is 4.74. The summed E-state index contributed by atoms with van der Waals surface area (Å²) in [5, 5.41) is 2.88. The van der Waals surface area contributed by atoms with Crippen molar-refractivity contribution in [2.45, 2.75) is 19.4 Å². The molecule has 7 nitrogen and oxygen atoms in total. The van der Waals surface area contributed by atoms with Gasteiger partial charge in [0.15, 0.2) is 6.10 Å². The molecule has 1 unspecified atom stereocenters. The molecule has 2 amide bonds. The van der Waals surface area contributed by atoms with Gasteiger partial charge in [0.1, 0.15) is 11.5 Å². The molecule has 2 aromatic carbocycles. The van der Waals surface area contributed by atoms with Crippen LogP contribution in [0.3, 0.4) is 0 Å². The first kappa shape index (κ1) is 20.7. The molecule has 2 aromatic rings. The summed E-state index contributed by atoms with van der Waals surface area (Å²) >= 11 is 0. The van der Waals surface area contributed by atoms with Crippen LogP contribution >= 0.6 is 0 Å². The molecular weight excluding hydrogens is 370 g/mol. The highest BCUT2D eigenvalue weighted by Crippen LogP contribution is 2.36. The van der Waals surface area contributed by atoms with Crippen molar-refractivity contribution in [3.63, 3.8) is 0 Å². The van der Waals surface area contributed by atoms with Crippen molar-refractivity contribution >= 4 is 23.2 Å². The highest BCUT2D eigenvalue weighted by molar-refractivity contribution is 6.06. The fourth-order valence-corrected chi connectivity index (χ4v) is 3.23. The Hall–Kier alpha value is -3.06. The standard InChI is InChI=1S/C22H27N3O4/c1-15-22(27)25(12-6-11-24(2)3)19-14-17(9-10-20(19)29-15)23-21(26)16-7-5-8-18(13-16)28-4/h5,7-10,13-15H,6,11-12H2,1-4H3,(H,23,26). The minimum Gasteiger partial charge on any atom is -0.497 e. The van der Waals surface area contributed by atoms with Gasteiger partial charge in [-0.05, 0) is 70.4 Å². The molecule has 0 spiro atoms. The lowest BCUT2D eigenvalue weighted by Gasteiger charge is -2.33. The lowest BCUT2D eigenvalue weighted by Crippen LogP contribution is -2.45. The lowest BCUT2D eigenvalue weighted by atomic mass is 10.1. The number of carbonyl (C=O) groups is 2. The van der Waals surface area contributed by atoms with Crippen LogP contribution in [0.5, 0.6) is 11.5 Å². The van der Waals surface area contributed by atoms with Crippen molar-refractivity contribution in [2.24, 2.45) is 0 Å². The largest absolute Gasteiger partial charge is 0.497 e. The molecule has 0 aliphatic carbocycles. The molecule has 154 valence electrons. The first-order chi connectivity index (χ1) is 13.9. The monoisotopic (exact) mass is 397 g/mol. The number of rotatable bonds is 7. The highest BCUT2D eigenvalue weighted by Gasteiger charge is 2.31. The van der Waals surface area contributed by atoms with Gasteiger partial charge in [0, 0.05) is 17.8 Å². The van der Waals surface area contributed by atoms with Crippen LogP contribution in [0.15, 0.2) is 42.5 Å². The number of hydrogen-bond donors (Lipinski definition) is 1.